The maximum atomic E-state index is 4.54. The third-order valence-corrected chi connectivity index (χ3v) is 6.26. The molecule has 2 aliphatic rings. The molecule has 0 aliphatic carbocycles. The highest BCUT2D eigenvalue weighted by Gasteiger charge is 2.13. The SMILES string of the molecule is CN=C(NCc1ccc(CN2CCCCC2)cc1)NCc1ccnc(N2CCCC2)c1. The van der Waals surface area contributed by atoms with E-state index in [1.807, 2.05) is 13.2 Å². The summed E-state index contributed by atoms with van der Waals surface area (Å²) in [6.45, 7) is 7.28. The molecule has 0 spiro atoms. The molecule has 2 fully saturated rings. The van der Waals surface area contributed by atoms with Crippen LogP contribution in [-0.4, -0.2) is 49.1 Å². The van der Waals surface area contributed by atoms with Gasteiger partial charge in [-0.15, -0.1) is 0 Å². The fraction of sp³-hybridized carbons (Fsp3) is 0.520. The van der Waals surface area contributed by atoms with Gasteiger partial charge in [-0.3, -0.25) is 9.89 Å². The lowest BCUT2D eigenvalue weighted by Crippen LogP contribution is -2.36. The number of piperidine rings is 1. The molecule has 2 aromatic rings. The van der Waals surface area contributed by atoms with Gasteiger partial charge in [0.2, 0.25) is 0 Å². The van der Waals surface area contributed by atoms with E-state index in [9.17, 15) is 0 Å². The molecule has 0 amide bonds. The van der Waals surface area contributed by atoms with Crippen LogP contribution in [0.3, 0.4) is 0 Å². The summed E-state index contributed by atoms with van der Waals surface area (Å²) in [5.41, 5.74) is 3.90. The quantitative estimate of drug-likeness (QED) is 0.530. The highest BCUT2D eigenvalue weighted by atomic mass is 15.2. The number of nitrogens with zero attached hydrogens (tertiary/aromatic N) is 4. The van der Waals surface area contributed by atoms with Gasteiger partial charge in [0.1, 0.15) is 5.82 Å². The fourth-order valence-corrected chi connectivity index (χ4v) is 4.42. The number of aromatic nitrogens is 1. The van der Waals surface area contributed by atoms with E-state index in [0.717, 1.165) is 44.5 Å². The van der Waals surface area contributed by atoms with Crippen LogP contribution in [0.25, 0.3) is 0 Å². The van der Waals surface area contributed by atoms with Crippen LogP contribution in [0.2, 0.25) is 0 Å². The molecule has 6 heteroatoms. The van der Waals surface area contributed by atoms with Crippen molar-refractivity contribution in [2.75, 3.05) is 38.1 Å². The molecule has 0 atom stereocenters. The number of nitrogens with one attached hydrogen (secondary N) is 2. The predicted molar refractivity (Wildman–Crippen MR) is 128 cm³/mol. The van der Waals surface area contributed by atoms with E-state index in [-0.39, 0.29) is 0 Å². The molecular formula is C25H36N6. The molecule has 0 radical (unpaired) electrons. The lowest BCUT2D eigenvalue weighted by atomic mass is 10.1. The van der Waals surface area contributed by atoms with Crippen molar-refractivity contribution in [1.29, 1.82) is 0 Å². The minimum Gasteiger partial charge on any atom is -0.357 e. The Labute approximate surface area is 186 Å². The van der Waals surface area contributed by atoms with Crippen LogP contribution in [0.1, 0.15) is 48.8 Å². The zero-order valence-corrected chi connectivity index (χ0v) is 18.8. The topological polar surface area (TPSA) is 55.8 Å². The van der Waals surface area contributed by atoms with Crippen LogP contribution in [0.15, 0.2) is 47.6 Å². The molecule has 1 aromatic carbocycles. The van der Waals surface area contributed by atoms with E-state index in [0.29, 0.717) is 0 Å². The molecule has 6 nitrogen and oxygen atoms in total. The lowest BCUT2D eigenvalue weighted by Gasteiger charge is -2.26. The average molecular weight is 421 g/mol. The second-order valence-electron chi connectivity index (χ2n) is 8.65. The smallest absolute Gasteiger partial charge is 0.191 e. The van der Waals surface area contributed by atoms with Crippen molar-refractivity contribution in [3.8, 4) is 0 Å². The molecule has 0 unspecified atom stereocenters. The lowest BCUT2D eigenvalue weighted by molar-refractivity contribution is 0.221. The summed E-state index contributed by atoms with van der Waals surface area (Å²) in [6, 6.07) is 13.2. The average Bonchev–Trinajstić information content (AvgIpc) is 3.36. The van der Waals surface area contributed by atoms with E-state index in [2.05, 4.69) is 66.8 Å². The number of aliphatic imine (C=N–C) groups is 1. The number of hydrogen-bond donors (Lipinski definition) is 2. The van der Waals surface area contributed by atoms with E-state index in [4.69, 9.17) is 0 Å². The van der Waals surface area contributed by atoms with Crippen molar-refractivity contribution >= 4 is 11.8 Å². The van der Waals surface area contributed by atoms with Crippen LogP contribution >= 0.6 is 0 Å². The Morgan fingerprint density at radius 2 is 1.48 bits per heavy atom. The van der Waals surface area contributed by atoms with E-state index < -0.39 is 0 Å². The Kier molecular flexibility index (Phi) is 7.77. The third-order valence-electron chi connectivity index (χ3n) is 6.26. The van der Waals surface area contributed by atoms with E-state index in [1.165, 1.54) is 61.9 Å². The van der Waals surface area contributed by atoms with Crippen molar-refractivity contribution in [1.82, 2.24) is 20.5 Å². The van der Waals surface area contributed by atoms with Gasteiger partial charge in [0.05, 0.1) is 0 Å². The Bertz CT molecular complexity index is 835. The molecule has 1 aromatic heterocycles. The van der Waals surface area contributed by atoms with Gasteiger partial charge < -0.3 is 15.5 Å². The van der Waals surface area contributed by atoms with Crippen molar-refractivity contribution < 1.29 is 0 Å². The first kappa shape index (κ1) is 21.6. The Balaban J connectivity index is 1.23. The zero-order chi connectivity index (χ0) is 21.3. The standard InChI is InChI=1S/C25H36N6/c1-26-25(29-19-23-11-12-27-24(17-23)31-15-5-6-16-31)28-18-21-7-9-22(10-8-21)20-30-13-3-2-4-14-30/h7-12,17H,2-6,13-16,18-20H2,1H3,(H2,26,28,29). The molecule has 4 rings (SSSR count). The van der Waals surface area contributed by atoms with Crippen LogP contribution in [0.4, 0.5) is 5.82 Å². The Morgan fingerprint density at radius 1 is 0.839 bits per heavy atom. The predicted octanol–water partition coefficient (Wildman–Crippen LogP) is 3.53. The summed E-state index contributed by atoms with van der Waals surface area (Å²) in [4.78, 5) is 13.8. The summed E-state index contributed by atoms with van der Waals surface area (Å²) >= 11 is 0. The Morgan fingerprint density at radius 3 is 2.19 bits per heavy atom. The largest absolute Gasteiger partial charge is 0.357 e. The van der Waals surface area contributed by atoms with Crippen LogP contribution < -0.4 is 15.5 Å². The van der Waals surface area contributed by atoms with Gasteiger partial charge in [-0.2, -0.15) is 0 Å². The van der Waals surface area contributed by atoms with Crippen molar-refractivity contribution in [2.45, 2.75) is 51.7 Å². The van der Waals surface area contributed by atoms with E-state index in [1.54, 1.807) is 0 Å². The van der Waals surface area contributed by atoms with Gasteiger partial charge in [0, 0.05) is 46.0 Å². The number of anilines is 1. The van der Waals surface area contributed by atoms with Crippen molar-refractivity contribution in [3.05, 3.63) is 59.3 Å². The first-order chi connectivity index (χ1) is 15.3. The minimum atomic E-state index is 0.734. The molecule has 2 N–H and O–H groups in total. The molecule has 31 heavy (non-hydrogen) atoms. The molecule has 3 heterocycles. The maximum absolute atomic E-state index is 4.54. The van der Waals surface area contributed by atoms with Gasteiger partial charge in [-0.05, 0) is 67.6 Å². The van der Waals surface area contributed by atoms with Crippen LogP contribution in [0, 0.1) is 0 Å². The summed E-state index contributed by atoms with van der Waals surface area (Å²) in [5.74, 6) is 1.90. The molecule has 2 aliphatic heterocycles. The Hall–Kier alpha value is -2.60. The third kappa shape index (κ3) is 6.44. The summed E-state index contributed by atoms with van der Waals surface area (Å²) in [6.07, 6.45) is 8.50. The molecule has 166 valence electrons. The van der Waals surface area contributed by atoms with Gasteiger partial charge >= 0.3 is 0 Å². The highest BCUT2D eigenvalue weighted by molar-refractivity contribution is 5.79. The first-order valence-electron chi connectivity index (χ1n) is 11.7. The van der Waals surface area contributed by atoms with Gasteiger partial charge in [0.25, 0.3) is 0 Å². The van der Waals surface area contributed by atoms with Crippen LogP contribution in [0.5, 0.6) is 0 Å². The number of rotatable bonds is 7. The van der Waals surface area contributed by atoms with E-state index >= 15 is 0 Å². The maximum Gasteiger partial charge on any atom is 0.191 e. The van der Waals surface area contributed by atoms with Crippen molar-refractivity contribution in [2.24, 2.45) is 4.99 Å². The van der Waals surface area contributed by atoms with Gasteiger partial charge in [0.15, 0.2) is 5.96 Å². The number of hydrogen-bond acceptors (Lipinski definition) is 4. The minimum absolute atomic E-state index is 0.734. The molecular weight excluding hydrogens is 384 g/mol. The normalized spacial score (nSPS) is 17.7. The highest BCUT2D eigenvalue weighted by Crippen LogP contribution is 2.18. The zero-order valence-electron chi connectivity index (χ0n) is 18.8. The second-order valence-corrected chi connectivity index (χ2v) is 8.65. The molecule has 0 saturated carbocycles. The second kappa shape index (κ2) is 11.1. The monoisotopic (exact) mass is 420 g/mol. The van der Waals surface area contributed by atoms with Crippen molar-refractivity contribution in [3.63, 3.8) is 0 Å². The number of benzene rings is 1. The van der Waals surface area contributed by atoms with Gasteiger partial charge in [-0.25, -0.2) is 4.98 Å². The first-order valence-corrected chi connectivity index (χ1v) is 11.7. The van der Waals surface area contributed by atoms with Crippen LogP contribution in [-0.2, 0) is 19.6 Å². The number of likely N-dealkylation sites (tertiary alicyclic amines) is 1. The summed E-state index contributed by atoms with van der Waals surface area (Å²) < 4.78 is 0. The fourth-order valence-electron chi connectivity index (χ4n) is 4.42. The molecule has 2 saturated heterocycles. The van der Waals surface area contributed by atoms with Gasteiger partial charge in [-0.1, -0.05) is 30.7 Å². The summed E-state index contributed by atoms with van der Waals surface area (Å²) in [7, 11) is 1.82. The molecule has 0 bridgehead atoms. The number of pyridine rings is 1. The number of guanidine groups is 1. The summed E-state index contributed by atoms with van der Waals surface area (Å²) in [5, 5.41) is 6.85.